The Bertz CT molecular complexity index is 1050. The van der Waals surface area contributed by atoms with Gasteiger partial charge in [0.25, 0.3) is 0 Å². The van der Waals surface area contributed by atoms with Crippen LogP contribution in [0.5, 0.6) is 5.75 Å². The number of carbonyl (C=O) groups excluding carboxylic acids is 1. The van der Waals surface area contributed by atoms with E-state index in [0.717, 1.165) is 37.1 Å². The summed E-state index contributed by atoms with van der Waals surface area (Å²) in [6, 6.07) is 19.0. The maximum Gasteiger partial charge on any atom is 0.337 e. The van der Waals surface area contributed by atoms with Crippen LogP contribution in [0, 0.1) is 6.92 Å². The first kappa shape index (κ1) is 21.3. The summed E-state index contributed by atoms with van der Waals surface area (Å²) >= 11 is 6.99. The second-order valence-corrected chi connectivity index (χ2v) is 8.11. The van der Waals surface area contributed by atoms with Gasteiger partial charge in [0.05, 0.1) is 18.4 Å². The molecule has 3 aromatic carbocycles. The highest BCUT2D eigenvalue weighted by Crippen LogP contribution is 2.24. The number of rotatable bonds is 6. The highest BCUT2D eigenvalue weighted by Gasteiger charge is 2.07. The predicted octanol–water partition coefficient (Wildman–Crippen LogP) is 6.64. The third-order valence-electron chi connectivity index (χ3n) is 4.27. The van der Waals surface area contributed by atoms with E-state index in [9.17, 15) is 4.79 Å². The number of aliphatic imine (C=N–C) groups is 1. The Morgan fingerprint density at radius 3 is 2.48 bits per heavy atom. The average Bonchev–Trinajstić information content (AvgIpc) is 2.72. The number of benzene rings is 3. The zero-order valence-electron chi connectivity index (χ0n) is 16.0. The van der Waals surface area contributed by atoms with Gasteiger partial charge in [-0.1, -0.05) is 44.0 Å². The fourth-order valence-corrected chi connectivity index (χ4v) is 3.75. The van der Waals surface area contributed by atoms with Crippen LogP contribution in [0.2, 0.25) is 0 Å². The van der Waals surface area contributed by atoms with Crippen molar-refractivity contribution < 1.29 is 14.3 Å². The molecule has 0 saturated carbocycles. The van der Waals surface area contributed by atoms with Gasteiger partial charge in [-0.15, -0.1) is 0 Å². The Hall–Kier alpha value is -2.44. The van der Waals surface area contributed by atoms with Crippen molar-refractivity contribution in [3.05, 3.63) is 91.9 Å². The van der Waals surface area contributed by atoms with Crippen LogP contribution in [-0.2, 0) is 11.3 Å². The molecule has 0 aromatic heterocycles. The monoisotopic (exact) mass is 515 g/mol. The molecule has 0 atom stereocenters. The quantitative estimate of drug-likeness (QED) is 0.272. The number of methoxy groups -OCH3 is 1. The SMILES string of the molecule is COC(=O)c1ccc(C)c(N=Cc2ccc(OCc3ccc(Br)cc3Br)cc2)c1. The number of esters is 1. The van der Waals surface area contributed by atoms with E-state index in [2.05, 4.69) is 36.9 Å². The second-order valence-electron chi connectivity index (χ2n) is 6.34. The van der Waals surface area contributed by atoms with Gasteiger partial charge in [0.15, 0.2) is 0 Å². The largest absolute Gasteiger partial charge is 0.489 e. The van der Waals surface area contributed by atoms with Crippen molar-refractivity contribution in [3.8, 4) is 5.75 Å². The second kappa shape index (κ2) is 9.85. The van der Waals surface area contributed by atoms with Crippen LogP contribution < -0.4 is 4.74 Å². The molecule has 3 rings (SSSR count). The summed E-state index contributed by atoms with van der Waals surface area (Å²) in [6.07, 6.45) is 1.76. The number of nitrogens with zero attached hydrogens (tertiary/aromatic N) is 1. The van der Waals surface area contributed by atoms with E-state index in [1.165, 1.54) is 7.11 Å². The number of carbonyl (C=O) groups is 1. The van der Waals surface area contributed by atoms with E-state index in [0.29, 0.717) is 12.2 Å². The molecule has 0 radical (unpaired) electrons. The van der Waals surface area contributed by atoms with Crippen molar-refractivity contribution in [1.29, 1.82) is 0 Å². The van der Waals surface area contributed by atoms with Crippen LogP contribution in [-0.4, -0.2) is 19.3 Å². The van der Waals surface area contributed by atoms with Crippen molar-refractivity contribution in [3.63, 3.8) is 0 Å². The van der Waals surface area contributed by atoms with E-state index < -0.39 is 0 Å². The van der Waals surface area contributed by atoms with Crippen molar-refractivity contribution in [1.82, 2.24) is 0 Å². The topological polar surface area (TPSA) is 47.9 Å². The molecule has 0 aliphatic heterocycles. The molecule has 0 fully saturated rings. The summed E-state index contributed by atoms with van der Waals surface area (Å²) in [6.45, 7) is 2.42. The number of ether oxygens (including phenoxy) is 2. The van der Waals surface area contributed by atoms with Gasteiger partial charge in [0, 0.05) is 20.7 Å². The van der Waals surface area contributed by atoms with E-state index in [4.69, 9.17) is 9.47 Å². The summed E-state index contributed by atoms with van der Waals surface area (Å²) in [5, 5.41) is 0. The summed E-state index contributed by atoms with van der Waals surface area (Å²) < 4.78 is 12.6. The standard InChI is InChI=1S/C23H19Br2NO3/c1-15-3-6-17(23(27)28-2)11-22(15)26-13-16-4-9-20(10-5-16)29-14-18-7-8-19(24)12-21(18)25/h3-13H,14H2,1-2H3. The molecule has 0 unspecified atom stereocenters. The van der Waals surface area contributed by atoms with Gasteiger partial charge in [-0.3, -0.25) is 4.99 Å². The maximum atomic E-state index is 11.7. The third kappa shape index (κ3) is 5.78. The van der Waals surface area contributed by atoms with Crippen LogP contribution in [0.1, 0.15) is 27.0 Å². The first-order valence-electron chi connectivity index (χ1n) is 8.86. The van der Waals surface area contributed by atoms with Gasteiger partial charge < -0.3 is 9.47 Å². The zero-order valence-corrected chi connectivity index (χ0v) is 19.2. The van der Waals surface area contributed by atoms with Gasteiger partial charge in [0.2, 0.25) is 0 Å². The molecule has 29 heavy (non-hydrogen) atoms. The fraction of sp³-hybridized carbons (Fsp3) is 0.130. The summed E-state index contributed by atoms with van der Waals surface area (Å²) in [4.78, 5) is 16.2. The summed E-state index contributed by atoms with van der Waals surface area (Å²) in [5.74, 6) is 0.404. The van der Waals surface area contributed by atoms with Gasteiger partial charge >= 0.3 is 5.97 Å². The van der Waals surface area contributed by atoms with E-state index in [1.807, 2.05) is 55.5 Å². The molecular formula is C23H19Br2NO3. The lowest BCUT2D eigenvalue weighted by Crippen LogP contribution is -2.00. The lowest BCUT2D eigenvalue weighted by molar-refractivity contribution is 0.0601. The third-order valence-corrected chi connectivity index (χ3v) is 5.50. The molecule has 0 aliphatic rings. The van der Waals surface area contributed by atoms with E-state index in [-0.39, 0.29) is 5.97 Å². The number of halogens is 2. The molecule has 0 bridgehead atoms. The average molecular weight is 517 g/mol. The minimum absolute atomic E-state index is 0.375. The zero-order chi connectivity index (χ0) is 20.8. The van der Waals surface area contributed by atoms with Crippen molar-refractivity contribution >= 4 is 49.7 Å². The van der Waals surface area contributed by atoms with Gasteiger partial charge in [-0.05, 0) is 66.6 Å². The Morgan fingerprint density at radius 2 is 1.79 bits per heavy atom. The minimum atomic E-state index is -0.375. The van der Waals surface area contributed by atoms with Crippen LogP contribution >= 0.6 is 31.9 Å². The molecule has 3 aromatic rings. The smallest absolute Gasteiger partial charge is 0.337 e. The molecule has 0 heterocycles. The lowest BCUT2D eigenvalue weighted by atomic mass is 10.1. The molecule has 0 spiro atoms. The first-order chi connectivity index (χ1) is 14.0. The molecule has 0 aliphatic carbocycles. The Kier molecular flexibility index (Phi) is 7.23. The van der Waals surface area contributed by atoms with Crippen LogP contribution in [0.3, 0.4) is 0 Å². The Balaban J connectivity index is 1.67. The number of hydrogen-bond donors (Lipinski definition) is 0. The normalized spacial score (nSPS) is 10.9. The first-order valence-corrected chi connectivity index (χ1v) is 10.4. The summed E-state index contributed by atoms with van der Waals surface area (Å²) in [7, 11) is 1.37. The van der Waals surface area contributed by atoms with Gasteiger partial charge in [-0.2, -0.15) is 0 Å². The Morgan fingerprint density at radius 1 is 1.03 bits per heavy atom. The summed E-state index contributed by atoms with van der Waals surface area (Å²) in [5.41, 5.74) is 4.19. The molecule has 6 heteroatoms. The molecule has 4 nitrogen and oxygen atoms in total. The maximum absolute atomic E-state index is 11.7. The fourth-order valence-electron chi connectivity index (χ4n) is 2.59. The molecule has 148 valence electrons. The van der Waals surface area contributed by atoms with Crippen molar-refractivity contribution in [2.24, 2.45) is 4.99 Å². The van der Waals surface area contributed by atoms with Gasteiger partial charge in [-0.25, -0.2) is 4.79 Å². The highest BCUT2D eigenvalue weighted by molar-refractivity contribution is 9.11. The highest BCUT2D eigenvalue weighted by atomic mass is 79.9. The molecular weight excluding hydrogens is 498 g/mol. The van der Waals surface area contributed by atoms with E-state index in [1.54, 1.807) is 18.3 Å². The van der Waals surface area contributed by atoms with Crippen LogP contribution in [0.15, 0.2) is 74.6 Å². The predicted molar refractivity (Wildman–Crippen MR) is 122 cm³/mol. The van der Waals surface area contributed by atoms with Crippen molar-refractivity contribution in [2.75, 3.05) is 7.11 Å². The minimum Gasteiger partial charge on any atom is -0.489 e. The number of hydrogen-bond acceptors (Lipinski definition) is 4. The molecule has 0 N–H and O–H groups in total. The van der Waals surface area contributed by atoms with Crippen LogP contribution in [0.4, 0.5) is 5.69 Å². The number of aryl methyl sites for hydroxylation is 1. The van der Waals surface area contributed by atoms with Crippen LogP contribution in [0.25, 0.3) is 0 Å². The molecule has 0 saturated heterocycles. The van der Waals surface area contributed by atoms with Gasteiger partial charge in [0.1, 0.15) is 12.4 Å². The van der Waals surface area contributed by atoms with E-state index >= 15 is 0 Å². The lowest BCUT2D eigenvalue weighted by Gasteiger charge is -2.08. The van der Waals surface area contributed by atoms with Crippen molar-refractivity contribution in [2.45, 2.75) is 13.5 Å². The molecule has 0 amide bonds. The Labute approximate surface area is 186 Å².